The molecule has 0 saturated carbocycles. The maximum Gasteiger partial charge on any atom is 0.267 e. The largest absolute Gasteiger partial charge is 0.355 e. The molecule has 3 N–H and O–H groups in total. The molecule has 5 heteroatoms. The smallest absolute Gasteiger partial charge is 0.267 e. The highest BCUT2D eigenvalue weighted by atomic mass is 16.5. The van der Waals surface area contributed by atoms with E-state index in [-0.39, 0.29) is 5.91 Å². The summed E-state index contributed by atoms with van der Waals surface area (Å²) in [5.41, 5.74) is 2.69. The van der Waals surface area contributed by atoms with Gasteiger partial charge >= 0.3 is 0 Å². The fourth-order valence-electron chi connectivity index (χ4n) is 1.14. The van der Waals surface area contributed by atoms with Crippen molar-refractivity contribution in [1.82, 2.24) is 10.8 Å². The second kappa shape index (κ2) is 5.67. The van der Waals surface area contributed by atoms with Crippen LogP contribution in [0, 0.1) is 0 Å². The molecular formula is C11H12N2O3. The van der Waals surface area contributed by atoms with E-state index in [1.54, 1.807) is 31.3 Å². The average Bonchev–Trinajstić information content (AvgIpc) is 2.35. The maximum atomic E-state index is 11.3. The number of hydrogen-bond acceptors (Lipinski definition) is 3. The fraction of sp³-hybridized carbons (Fsp3) is 0.0909. The van der Waals surface area contributed by atoms with Gasteiger partial charge in [0, 0.05) is 18.7 Å². The van der Waals surface area contributed by atoms with E-state index in [0.717, 1.165) is 0 Å². The predicted molar refractivity (Wildman–Crippen MR) is 58.8 cm³/mol. The highest BCUT2D eigenvalue weighted by molar-refractivity contribution is 5.95. The predicted octanol–water partition coefficient (Wildman–Crippen LogP) is 0.565. The van der Waals surface area contributed by atoms with Gasteiger partial charge in [0.05, 0.1) is 0 Å². The minimum absolute atomic E-state index is 0.193. The monoisotopic (exact) mass is 220 g/mol. The van der Waals surface area contributed by atoms with Crippen LogP contribution in [0.2, 0.25) is 0 Å². The average molecular weight is 220 g/mol. The summed E-state index contributed by atoms with van der Waals surface area (Å²) in [5, 5.41) is 10.8. The van der Waals surface area contributed by atoms with Crippen LogP contribution in [0.3, 0.4) is 0 Å². The molecule has 84 valence electrons. The van der Waals surface area contributed by atoms with Crippen molar-refractivity contribution in [2.45, 2.75) is 0 Å². The molecule has 2 amide bonds. The van der Waals surface area contributed by atoms with Crippen molar-refractivity contribution in [2.75, 3.05) is 7.05 Å². The first-order valence-electron chi connectivity index (χ1n) is 4.61. The third-order valence-electron chi connectivity index (χ3n) is 1.91. The number of carbonyl (C=O) groups is 2. The highest BCUT2D eigenvalue weighted by Gasteiger charge is 2.02. The number of nitrogens with one attached hydrogen (secondary N) is 2. The molecule has 0 aromatic heterocycles. The number of benzene rings is 1. The van der Waals surface area contributed by atoms with Gasteiger partial charge < -0.3 is 5.32 Å². The molecule has 1 aromatic rings. The first-order valence-corrected chi connectivity index (χ1v) is 4.61. The second-order valence-corrected chi connectivity index (χ2v) is 3.01. The van der Waals surface area contributed by atoms with E-state index in [1.807, 2.05) is 0 Å². The van der Waals surface area contributed by atoms with Gasteiger partial charge in [0.15, 0.2) is 0 Å². The van der Waals surface area contributed by atoms with Crippen molar-refractivity contribution in [2.24, 2.45) is 0 Å². The van der Waals surface area contributed by atoms with Crippen molar-refractivity contribution in [3.63, 3.8) is 0 Å². The molecule has 0 bridgehead atoms. The third kappa shape index (κ3) is 3.21. The number of amides is 2. The molecule has 0 fully saturated rings. The molecule has 0 heterocycles. The summed E-state index contributed by atoms with van der Waals surface area (Å²) in [4.78, 5) is 22.0. The minimum atomic E-state index is -0.620. The van der Waals surface area contributed by atoms with E-state index in [9.17, 15) is 9.59 Å². The van der Waals surface area contributed by atoms with E-state index >= 15 is 0 Å². The van der Waals surface area contributed by atoms with Crippen LogP contribution < -0.4 is 10.8 Å². The van der Waals surface area contributed by atoms with Gasteiger partial charge in [0.25, 0.3) is 11.8 Å². The lowest BCUT2D eigenvalue weighted by Crippen LogP contribution is -2.17. The first-order chi connectivity index (χ1) is 7.67. The fourth-order valence-corrected chi connectivity index (χ4v) is 1.14. The van der Waals surface area contributed by atoms with E-state index in [0.29, 0.717) is 11.1 Å². The number of hydrogen-bond donors (Lipinski definition) is 3. The van der Waals surface area contributed by atoms with Gasteiger partial charge in [-0.25, -0.2) is 5.48 Å². The van der Waals surface area contributed by atoms with Gasteiger partial charge in [-0.3, -0.25) is 14.8 Å². The molecule has 0 aliphatic rings. The Kier molecular flexibility index (Phi) is 4.23. The molecular weight excluding hydrogens is 208 g/mol. The Balaban J connectivity index is 2.86. The molecule has 0 atom stereocenters. The lowest BCUT2D eigenvalue weighted by atomic mass is 10.1. The molecule has 5 nitrogen and oxygen atoms in total. The Labute approximate surface area is 92.7 Å². The Morgan fingerprint density at radius 3 is 2.75 bits per heavy atom. The van der Waals surface area contributed by atoms with E-state index in [4.69, 9.17) is 5.21 Å². The van der Waals surface area contributed by atoms with Crippen LogP contribution in [0.1, 0.15) is 15.9 Å². The van der Waals surface area contributed by atoms with Crippen LogP contribution in [0.4, 0.5) is 0 Å². The Bertz CT molecular complexity index is 427. The molecule has 0 unspecified atom stereocenters. The second-order valence-electron chi connectivity index (χ2n) is 3.01. The molecule has 16 heavy (non-hydrogen) atoms. The molecule has 0 radical (unpaired) electrons. The summed E-state index contributed by atoms with van der Waals surface area (Å²) in [5.74, 6) is -0.813. The van der Waals surface area contributed by atoms with Crippen molar-refractivity contribution >= 4 is 17.9 Å². The zero-order valence-corrected chi connectivity index (χ0v) is 8.73. The SMILES string of the molecule is CNC(=O)c1cccc(/C=C/C(=O)NO)c1. The Morgan fingerprint density at radius 2 is 2.12 bits per heavy atom. The zero-order valence-electron chi connectivity index (χ0n) is 8.73. The molecule has 0 spiro atoms. The van der Waals surface area contributed by atoms with Crippen molar-refractivity contribution in [1.29, 1.82) is 0 Å². The van der Waals surface area contributed by atoms with Gasteiger partial charge in [0.2, 0.25) is 0 Å². The molecule has 1 aromatic carbocycles. The Morgan fingerprint density at radius 1 is 1.38 bits per heavy atom. The summed E-state index contributed by atoms with van der Waals surface area (Å²) in [6.07, 6.45) is 2.67. The Hall–Kier alpha value is -2.14. The standard InChI is InChI=1S/C11H12N2O3/c1-12-11(15)9-4-2-3-8(7-9)5-6-10(14)13-16/h2-7,16H,1H3,(H,12,15)(H,13,14)/b6-5+. The number of carbonyl (C=O) groups excluding carboxylic acids is 2. The maximum absolute atomic E-state index is 11.3. The lowest BCUT2D eigenvalue weighted by molar-refractivity contribution is -0.124. The van der Waals surface area contributed by atoms with Gasteiger partial charge in [-0.05, 0) is 23.8 Å². The van der Waals surface area contributed by atoms with Crippen LogP contribution in [0.25, 0.3) is 6.08 Å². The van der Waals surface area contributed by atoms with Crippen LogP contribution in [-0.4, -0.2) is 24.1 Å². The van der Waals surface area contributed by atoms with E-state index < -0.39 is 5.91 Å². The summed E-state index contributed by atoms with van der Waals surface area (Å²) in [6.45, 7) is 0. The number of hydroxylamine groups is 1. The van der Waals surface area contributed by atoms with Gasteiger partial charge in [0.1, 0.15) is 0 Å². The number of rotatable bonds is 3. The minimum Gasteiger partial charge on any atom is -0.355 e. The van der Waals surface area contributed by atoms with Gasteiger partial charge in [-0.15, -0.1) is 0 Å². The summed E-state index contributed by atoms with van der Waals surface area (Å²) < 4.78 is 0. The first kappa shape index (κ1) is 11.9. The van der Waals surface area contributed by atoms with Crippen molar-refractivity contribution < 1.29 is 14.8 Å². The summed E-state index contributed by atoms with van der Waals surface area (Å²) in [7, 11) is 1.55. The van der Waals surface area contributed by atoms with E-state index in [2.05, 4.69) is 5.32 Å². The van der Waals surface area contributed by atoms with Crippen molar-refractivity contribution in [3.8, 4) is 0 Å². The highest BCUT2D eigenvalue weighted by Crippen LogP contribution is 2.06. The van der Waals surface area contributed by atoms with Gasteiger partial charge in [-0.1, -0.05) is 12.1 Å². The normalized spacial score (nSPS) is 10.1. The molecule has 0 saturated heterocycles. The van der Waals surface area contributed by atoms with Crippen LogP contribution in [-0.2, 0) is 4.79 Å². The molecule has 0 aliphatic carbocycles. The quantitative estimate of drug-likeness (QED) is 0.396. The van der Waals surface area contributed by atoms with Crippen LogP contribution in [0.15, 0.2) is 30.3 Å². The van der Waals surface area contributed by atoms with Crippen molar-refractivity contribution in [3.05, 3.63) is 41.5 Å². The lowest BCUT2D eigenvalue weighted by Gasteiger charge is -2.00. The molecule has 0 aliphatic heterocycles. The van der Waals surface area contributed by atoms with Gasteiger partial charge in [-0.2, -0.15) is 0 Å². The zero-order chi connectivity index (χ0) is 12.0. The summed E-state index contributed by atoms with van der Waals surface area (Å²) >= 11 is 0. The third-order valence-corrected chi connectivity index (χ3v) is 1.91. The molecule has 1 rings (SSSR count). The topological polar surface area (TPSA) is 78.4 Å². The van der Waals surface area contributed by atoms with Crippen LogP contribution in [0.5, 0.6) is 0 Å². The summed E-state index contributed by atoms with van der Waals surface area (Å²) in [6, 6.07) is 6.76. The van der Waals surface area contributed by atoms with E-state index in [1.165, 1.54) is 17.6 Å². The van der Waals surface area contributed by atoms with Crippen LogP contribution >= 0.6 is 0 Å².